The van der Waals surface area contributed by atoms with E-state index < -0.39 is 0 Å². The molecule has 0 spiro atoms. The first-order valence-corrected chi connectivity index (χ1v) is 9.19. The van der Waals surface area contributed by atoms with Crippen LogP contribution in [0.3, 0.4) is 0 Å². The summed E-state index contributed by atoms with van der Waals surface area (Å²) in [6, 6.07) is 7.56. The fraction of sp³-hybridized carbons (Fsp3) is 0.579. The Kier molecular flexibility index (Phi) is 4.37. The summed E-state index contributed by atoms with van der Waals surface area (Å²) >= 11 is 0. The first-order valence-electron chi connectivity index (χ1n) is 9.19. The molecular weight excluding hydrogens is 318 g/mol. The van der Waals surface area contributed by atoms with E-state index in [2.05, 4.69) is 5.32 Å². The van der Waals surface area contributed by atoms with Gasteiger partial charge in [-0.25, -0.2) is 0 Å². The number of benzene rings is 1. The van der Waals surface area contributed by atoms with Crippen LogP contribution in [0, 0.1) is 17.8 Å². The monoisotopic (exact) mass is 343 g/mol. The van der Waals surface area contributed by atoms with Gasteiger partial charge in [-0.1, -0.05) is 12.1 Å². The molecule has 0 aromatic heterocycles. The molecule has 3 aliphatic rings. The minimum Gasteiger partial charge on any atom is -0.492 e. The summed E-state index contributed by atoms with van der Waals surface area (Å²) < 4.78 is 5.65. The van der Waals surface area contributed by atoms with E-state index in [1.54, 1.807) is 4.90 Å². The Morgan fingerprint density at radius 1 is 1.20 bits per heavy atom. The Morgan fingerprint density at radius 3 is 2.64 bits per heavy atom. The SMILES string of the molecule is CCOc1ccccc1N1CC(C(=O)N2C[C@H]3CNC[C@H]3C2)CC1=O. The lowest BCUT2D eigenvalue weighted by atomic mass is 10.0. The number of hydrogen-bond donors (Lipinski definition) is 1. The molecule has 1 aromatic rings. The van der Waals surface area contributed by atoms with Crippen molar-refractivity contribution < 1.29 is 14.3 Å². The van der Waals surface area contributed by atoms with E-state index >= 15 is 0 Å². The van der Waals surface area contributed by atoms with E-state index in [0.29, 0.717) is 37.2 Å². The van der Waals surface area contributed by atoms with Crippen LogP contribution >= 0.6 is 0 Å². The fourth-order valence-corrected chi connectivity index (χ4v) is 4.36. The maximum absolute atomic E-state index is 12.9. The molecule has 0 radical (unpaired) electrons. The summed E-state index contributed by atoms with van der Waals surface area (Å²) in [6.07, 6.45) is 0.295. The largest absolute Gasteiger partial charge is 0.492 e. The molecule has 0 bridgehead atoms. The molecule has 0 saturated carbocycles. The Bertz CT molecular complexity index is 666. The van der Waals surface area contributed by atoms with Gasteiger partial charge in [0.05, 0.1) is 18.2 Å². The molecule has 4 rings (SSSR count). The molecule has 6 heteroatoms. The molecule has 3 fully saturated rings. The molecule has 3 heterocycles. The minimum absolute atomic E-state index is 0.00607. The second-order valence-electron chi connectivity index (χ2n) is 7.23. The zero-order chi connectivity index (χ0) is 17.4. The molecule has 3 atom stereocenters. The quantitative estimate of drug-likeness (QED) is 0.890. The topological polar surface area (TPSA) is 61.9 Å². The van der Waals surface area contributed by atoms with Crippen LogP contribution in [0.4, 0.5) is 5.69 Å². The Balaban J connectivity index is 1.46. The van der Waals surface area contributed by atoms with Gasteiger partial charge in [-0.2, -0.15) is 0 Å². The van der Waals surface area contributed by atoms with E-state index in [9.17, 15) is 9.59 Å². The van der Waals surface area contributed by atoms with Gasteiger partial charge in [0.1, 0.15) is 5.75 Å². The molecule has 0 aliphatic carbocycles. The molecule has 25 heavy (non-hydrogen) atoms. The average Bonchev–Trinajstić information content (AvgIpc) is 3.29. The molecule has 6 nitrogen and oxygen atoms in total. The number of fused-ring (bicyclic) bond motifs is 1. The Labute approximate surface area is 148 Å². The van der Waals surface area contributed by atoms with Gasteiger partial charge >= 0.3 is 0 Å². The van der Waals surface area contributed by atoms with Gasteiger partial charge in [-0.3, -0.25) is 9.59 Å². The number of amides is 2. The van der Waals surface area contributed by atoms with Crippen LogP contribution in [0.25, 0.3) is 0 Å². The Morgan fingerprint density at radius 2 is 1.92 bits per heavy atom. The maximum Gasteiger partial charge on any atom is 0.228 e. The van der Waals surface area contributed by atoms with Crippen molar-refractivity contribution in [2.24, 2.45) is 17.8 Å². The number of para-hydroxylation sites is 2. The number of ether oxygens (including phenoxy) is 1. The number of nitrogens with one attached hydrogen (secondary N) is 1. The van der Waals surface area contributed by atoms with Crippen molar-refractivity contribution in [2.45, 2.75) is 13.3 Å². The van der Waals surface area contributed by atoms with E-state index in [0.717, 1.165) is 31.9 Å². The van der Waals surface area contributed by atoms with Crippen LogP contribution in [0.2, 0.25) is 0 Å². The molecule has 2 amide bonds. The molecule has 3 aliphatic heterocycles. The normalized spacial score (nSPS) is 28.5. The number of rotatable bonds is 4. The summed E-state index contributed by atoms with van der Waals surface area (Å²) in [5, 5.41) is 3.39. The highest BCUT2D eigenvalue weighted by Gasteiger charge is 2.43. The van der Waals surface area contributed by atoms with Gasteiger partial charge in [0.2, 0.25) is 11.8 Å². The predicted octanol–water partition coefficient (Wildman–Crippen LogP) is 1.12. The van der Waals surface area contributed by atoms with Crippen molar-refractivity contribution in [3.63, 3.8) is 0 Å². The van der Waals surface area contributed by atoms with Crippen molar-refractivity contribution >= 4 is 17.5 Å². The van der Waals surface area contributed by atoms with Gasteiger partial charge < -0.3 is 19.9 Å². The highest BCUT2D eigenvalue weighted by molar-refractivity contribution is 6.01. The second kappa shape index (κ2) is 6.67. The third-order valence-electron chi connectivity index (χ3n) is 5.63. The average molecular weight is 343 g/mol. The number of nitrogens with zero attached hydrogens (tertiary/aromatic N) is 2. The summed E-state index contributed by atoms with van der Waals surface area (Å²) in [5.74, 6) is 1.76. The van der Waals surface area contributed by atoms with Crippen molar-refractivity contribution in [3.8, 4) is 5.75 Å². The van der Waals surface area contributed by atoms with Gasteiger partial charge in [0, 0.05) is 39.1 Å². The second-order valence-corrected chi connectivity index (χ2v) is 7.23. The molecule has 134 valence electrons. The van der Waals surface area contributed by atoms with E-state index in [4.69, 9.17) is 4.74 Å². The standard InChI is InChI=1S/C19H25N3O3/c1-2-25-17-6-4-3-5-16(17)22-12-13(7-18(22)23)19(24)21-10-14-8-20-9-15(14)11-21/h3-6,13-15,20H,2,7-12H2,1H3/t13?,14-,15+. The molecular formula is C19H25N3O3. The number of anilines is 1. The third-order valence-corrected chi connectivity index (χ3v) is 5.63. The zero-order valence-electron chi connectivity index (χ0n) is 14.6. The first kappa shape index (κ1) is 16.4. The van der Waals surface area contributed by atoms with Gasteiger partial charge in [-0.15, -0.1) is 0 Å². The molecule has 1 N–H and O–H groups in total. The lowest BCUT2D eigenvalue weighted by Gasteiger charge is -2.22. The minimum atomic E-state index is -0.242. The third kappa shape index (κ3) is 2.99. The number of likely N-dealkylation sites (tertiary alicyclic amines) is 1. The summed E-state index contributed by atoms with van der Waals surface area (Å²) in [6.45, 7) is 6.59. The van der Waals surface area contributed by atoms with E-state index in [1.165, 1.54) is 0 Å². The van der Waals surface area contributed by atoms with Crippen LogP contribution in [-0.4, -0.2) is 56.0 Å². The molecule has 1 unspecified atom stereocenters. The first-order chi connectivity index (χ1) is 12.2. The van der Waals surface area contributed by atoms with Crippen molar-refractivity contribution in [3.05, 3.63) is 24.3 Å². The van der Waals surface area contributed by atoms with Gasteiger partial charge in [0.25, 0.3) is 0 Å². The van der Waals surface area contributed by atoms with Crippen LogP contribution in [0.5, 0.6) is 5.75 Å². The Hall–Kier alpha value is -2.08. The molecule has 1 aromatic carbocycles. The van der Waals surface area contributed by atoms with E-state index in [-0.39, 0.29) is 17.7 Å². The van der Waals surface area contributed by atoms with Crippen LogP contribution < -0.4 is 15.0 Å². The fourth-order valence-electron chi connectivity index (χ4n) is 4.36. The summed E-state index contributed by atoms with van der Waals surface area (Å²) in [4.78, 5) is 29.1. The lowest BCUT2D eigenvalue weighted by Crippen LogP contribution is -2.37. The number of hydrogen-bond acceptors (Lipinski definition) is 4. The van der Waals surface area contributed by atoms with Crippen LogP contribution in [-0.2, 0) is 9.59 Å². The van der Waals surface area contributed by atoms with E-state index in [1.807, 2.05) is 36.1 Å². The lowest BCUT2D eigenvalue weighted by molar-refractivity contribution is -0.135. The van der Waals surface area contributed by atoms with Gasteiger partial charge in [-0.05, 0) is 30.9 Å². The van der Waals surface area contributed by atoms with Crippen molar-refractivity contribution in [2.75, 3.05) is 44.2 Å². The number of carbonyl (C=O) groups excluding carboxylic acids is 2. The number of carbonyl (C=O) groups is 2. The summed E-state index contributed by atoms with van der Waals surface area (Å²) in [7, 11) is 0. The predicted molar refractivity (Wildman–Crippen MR) is 94.5 cm³/mol. The van der Waals surface area contributed by atoms with Gasteiger partial charge in [0.15, 0.2) is 0 Å². The molecule has 3 saturated heterocycles. The smallest absolute Gasteiger partial charge is 0.228 e. The zero-order valence-corrected chi connectivity index (χ0v) is 14.6. The van der Waals surface area contributed by atoms with Crippen molar-refractivity contribution in [1.29, 1.82) is 0 Å². The van der Waals surface area contributed by atoms with Crippen LogP contribution in [0.1, 0.15) is 13.3 Å². The van der Waals surface area contributed by atoms with Crippen molar-refractivity contribution in [1.82, 2.24) is 10.2 Å². The highest BCUT2D eigenvalue weighted by atomic mass is 16.5. The highest BCUT2D eigenvalue weighted by Crippen LogP contribution is 2.35. The maximum atomic E-state index is 12.9. The van der Waals surface area contributed by atoms with Crippen LogP contribution in [0.15, 0.2) is 24.3 Å². The summed E-state index contributed by atoms with van der Waals surface area (Å²) in [5.41, 5.74) is 0.771.